The van der Waals surface area contributed by atoms with Gasteiger partial charge in [0.2, 0.25) is 11.5 Å². The van der Waals surface area contributed by atoms with E-state index in [1.165, 1.54) is 33.2 Å². The molecule has 4 atom stereocenters. The highest BCUT2D eigenvalue weighted by Gasteiger charge is 2.50. The quantitative estimate of drug-likeness (QED) is 0.158. The van der Waals surface area contributed by atoms with E-state index in [-0.39, 0.29) is 36.5 Å². The lowest BCUT2D eigenvalue weighted by atomic mass is 9.62. The van der Waals surface area contributed by atoms with Gasteiger partial charge >= 0.3 is 11.9 Å². The molecule has 12 heteroatoms. The number of carboxylic acid groups (broad SMARTS) is 1. The van der Waals surface area contributed by atoms with Crippen LogP contribution in [0.1, 0.15) is 49.7 Å². The molecule has 0 saturated carbocycles. The summed E-state index contributed by atoms with van der Waals surface area (Å²) in [5, 5.41) is 12.9. The number of Topliss-reactive ketones (excluding diaryl/α,β-unsaturated/α-hetero) is 2. The average molecular weight is 583 g/mol. The molecule has 42 heavy (non-hydrogen) atoms. The maximum absolute atomic E-state index is 13.2. The standard InChI is InChI=1S/C30H34N2O10/c1-18(26(37)22(36)11-8-14-33)24(21(16-34)15-20-9-6-5-7-10-20)30(3,29(39)40)17-32-28(38)25-27(42-19(2)35)23(41-4)12-13-31-25/h5-7,9-10,12-14,16,18,21,24H,8,11,15,17H2,1-4H3,(H,32,38)(H,39,40)/t18-,21-,24-,30?/m0/s1. The van der Waals surface area contributed by atoms with Crippen LogP contribution in [0.25, 0.3) is 0 Å². The number of pyridine rings is 1. The summed E-state index contributed by atoms with van der Waals surface area (Å²) in [7, 11) is 1.29. The Morgan fingerprint density at radius 2 is 1.76 bits per heavy atom. The first-order valence-corrected chi connectivity index (χ1v) is 13.1. The zero-order chi connectivity index (χ0) is 31.4. The van der Waals surface area contributed by atoms with Gasteiger partial charge in [0.1, 0.15) is 12.6 Å². The van der Waals surface area contributed by atoms with Crippen molar-refractivity contribution in [3.05, 3.63) is 53.9 Å². The largest absolute Gasteiger partial charge is 0.493 e. The Morgan fingerprint density at radius 1 is 1.10 bits per heavy atom. The molecule has 1 heterocycles. The number of carboxylic acids is 1. The minimum atomic E-state index is -1.96. The van der Waals surface area contributed by atoms with Crippen LogP contribution >= 0.6 is 0 Å². The third-order valence-corrected chi connectivity index (χ3v) is 7.06. The second-order valence-electron chi connectivity index (χ2n) is 9.99. The highest BCUT2D eigenvalue weighted by atomic mass is 16.6. The Kier molecular flexibility index (Phi) is 12.2. The van der Waals surface area contributed by atoms with Gasteiger partial charge in [0, 0.05) is 50.4 Å². The molecule has 0 radical (unpaired) electrons. The number of carbonyl (C=O) groups excluding carboxylic acids is 6. The van der Waals surface area contributed by atoms with Gasteiger partial charge < -0.3 is 29.5 Å². The van der Waals surface area contributed by atoms with Crippen molar-refractivity contribution < 1.29 is 48.1 Å². The number of nitrogens with zero attached hydrogens (tertiary/aromatic N) is 1. The molecule has 2 aromatic rings. The Labute approximate surface area is 242 Å². The first kappa shape index (κ1) is 33.5. The first-order chi connectivity index (χ1) is 19.9. The van der Waals surface area contributed by atoms with E-state index >= 15 is 0 Å². The number of aliphatic carboxylic acids is 1. The zero-order valence-corrected chi connectivity index (χ0v) is 23.8. The van der Waals surface area contributed by atoms with E-state index in [0.29, 0.717) is 18.1 Å². The fourth-order valence-electron chi connectivity index (χ4n) is 4.95. The Balaban J connectivity index is 2.54. The number of aldehydes is 2. The first-order valence-electron chi connectivity index (χ1n) is 13.1. The van der Waals surface area contributed by atoms with Crippen LogP contribution in [0.3, 0.4) is 0 Å². The maximum Gasteiger partial charge on any atom is 0.311 e. The number of aromatic nitrogens is 1. The summed E-state index contributed by atoms with van der Waals surface area (Å²) >= 11 is 0. The number of esters is 1. The molecule has 0 fully saturated rings. The van der Waals surface area contributed by atoms with Gasteiger partial charge in [0.05, 0.1) is 12.5 Å². The second-order valence-corrected chi connectivity index (χ2v) is 9.99. The molecule has 0 aliphatic heterocycles. The van der Waals surface area contributed by atoms with E-state index in [9.17, 15) is 38.7 Å². The summed E-state index contributed by atoms with van der Waals surface area (Å²) in [6, 6.07) is 10.1. The molecule has 0 saturated heterocycles. The van der Waals surface area contributed by atoms with Crippen molar-refractivity contribution in [2.75, 3.05) is 13.7 Å². The van der Waals surface area contributed by atoms with Crippen molar-refractivity contribution in [3.63, 3.8) is 0 Å². The molecule has 1 aromatic carbocycles. The van der Waals surface area contributed by atoms with E-state index in [1.54, 1.807) is 30.3 Å². The van der Waals surface area contributed by atoms with Gasteiger partial charge in [-0.05, 0) is 24.8 Å². The predicted octanol–water partition coefficient (Wildman–Crippen LogP) is 2.26. The lowest BCUT2D eigenvalue weighted by Gasteiger charge is -2.40. The van der Waals surface area contributed by atoms with Crippen LogP contribution in [0.4, 0.5) is 0 Å². The van der Waals surface area contributed by atoms with Crippen LogP contribution in [0.15, 0.2) is 42.6 Å². The summed E-state index contributed by atoms with van der Waals surface area (Å²) in [5.74, 6) is -8.76. The summed E-state index contributed by atoms with van der Waals surface area (Å²) < 4.78 is 10.3. The number of carbonyl (C=O) groups is 7. The predicted molar refractivity (Wildman–Crippen MR) is 148 cm³/mol. The molecule has 2 N–H and O–H groups in total. The van der Waals surface area contributed by atoms with Crippen LogP contribution in [0, 0.1) is 23.2 Å². The van der Waals surface area contributed by atoms with Gasteiger partial charge in [-0.15, -0.1) is 0 Å². The van der Waals surface area contributed by atoms with Crippen molar-refractivity contribution in [3.8, 4) is 11.5 Å². The fraction of sp³-hybridized carbons (Fsp3) is 0.400. The van der Waals surface area contributed by atoms with Crippen molar-refractivity contribution >= 4 is 42.0 Å². The lowest BCUT2D eigenvalue weighted by Crippen LogP contribution is -2.53. The van der Waals surface area contributed by atoms with Gasteiger partial charge in [0.25, 0.3) is 5.91 Å². The highest BCUT2D eigenvalue weighted by molar-refractivity contribution is 6.38. The van der Waals surface area contributed by atoms with E-state index in [1.807, 2.05) is 0 Å². The fourth-order valence-corrected chi connectivity index (χ4v) is 4.95. The SMILES string of the molecule is COc1ccnc(C(=O)NCC(C)(C(=O)O)[C@H]([C@H](C=O)Cc2ccccc2)[C@H](C)C(=O)C(=O)CCC=O)c1OC(C)=O. The van der Waals surface area contributed by atoms with Gasteiger partial charge in [-0.2, -0.15) is 0 Å². The number of ether oxygens (including phenoxy) is 2. The molecule has 0 aliphatic carbocycles. The summed E-state index contributed by atoms with van der Waals surface area (Å²) in [6.45, 7) is 3.15. The van der Waals surface area contributed by atoms with Crippen LogP contribution in [0.2, 0.25) is 0 Å². The Morgan fingerprint density at radius 3 is 2.31 bits per heavy atom. The van der Waals surface area contributed by atoms with Gasteiger partial charge in [-0.1, -0.05) is 37.3 Å². The molecule has 0 spiro atoms. The van der Waals surface area contributed by atoms with E-state index < -0.39 is 59.1 Å². The zero-order valence-electron chi connectivity index (χ0n) is 23.8. The van der Waals surface area contributed by atoms with Crippen LogP contribution in [-0.2, 0) is 35.2 Å². The van der Waals surface area contributed by atoms with Crippen LogP contribution in [0.5, 0.6) is 11.5 Å². The number of amides is 1. The van der Waals surface area contributed by atoms with E-state index in [4.69, 9.17) is 9.47 Å². The summed E-state index contributed by atoms with van der Waals surface area (Å²) in [6.07, 6.45) is 1.78. The molecule has 1 aromatic heterocycles. The highest BCUT2D eigenvalue weighted by Crippen LogP contribution is 2.41. The molecule has 1 unspecified atom stereocenters. The van der Waals surface area contributed by atoms with Crippen molar-refractivity contribution in [2.24, 2.45) is 23.2 Å². The molecule has 0 aliphatic rings. The lowest BCUT2D eigenvalue weighted by molar-refractivity contribution is -0.156. The third-order valence-electron chi connectivity index (χ3n) is 7.06. The number of nitrogens with one attached hydrogen (secondary N) is 1. The minimum Gasteiger partial charge on any atom is -0.493 e. The maximum atomic E-state index is 13.2. The van der Waals surface area contributed by atoms with E-state index in [0.717, 1.165) is 6.92 Å². The molecule has 224 valence electrons. The number of ketones is 2. The summed E-state index contributed by atoms with van der Waals surface area (Å²) in [4.78, 5) is 90.7. The third kappa shape index (κ3) is 8.15. The number of benzene rings is 1. The number of rotatable bonds is 17. The number of hydrogen-bond donors (Lipinski definition) is 2. The molecule has 1 amide bonds. The topological polar surface area (TPSA) is 183 Å². The normalized spacial score (nSPS) is 14.3. The smallest absolute Gasteiger partial charge is 0.311 e. The Hall–Kier alpha value is -4.74. The van der Waals surface area contributed by atoms with Crippen LogP contribution in [-0.4, -0.2) is 65.7 Å². The molecular weight excluding hydrogens is 548 g/mol. The number of methoxy groups -OCH3 is 1. The molecular formula is C30H34N2O10. The average Bonchev–Trinajstić information content (AvgIpc) is 2.97. The monoisotopic (exact) mass is 582 g/mol. The van der Waals surface area contributed by atoms with Gasteiger partial charge in [-0.25, -0.2) is 4.98 Å². The van der Waals surface area contributed by atoms with E-state index in [2.05, 4.69) is 10.3 Å². The van der Waals surface area contributed by atoms with Crippen molar-refractivity contribution in [1.82, 2.24) is 10.3 Å². The number of hydrogen-bond acceptors (Lipinski definition) is 10. The molecule has 0 bridgehead atoms. The van der Waals surface area contributed by atoms with Crippen LogP contribution < -0.4 is 14.8 Å². The van der Waals surface area contributed by atoms with Gasteiger partial charge in [-0.3, -0.25) is 24.0 Å². The summed E-state index contributed by atoms with van der Waals surface area (Å²) in [5.41, 5.74) is -1.63. The minimum absolute atomic E-state index is 0.0289. The molecule has 2 rings (SSSR count). The second kappa shape index (κ2) is 15.3. The van der Waals surface area contributed by atoms with Crippen molar-refractivity contribution in [1.29, 1.82) is 0 Å². The van der Waals surface area contributed by atoms with Crippen molar-refractivity contribution in [2.45, 2.75) is 40.0 Å². The van der Waals surface area contributed by atoms with Gasteiger partial charge in [0.15, 0.2) is 17.2 Å². The molecule has 12 nitrogen and oxygen atoms in total. The Bertz CT molecular complexity index is 1330.